The van der Waals surface area contributed by atoms with Crippen molar-refractivity contribution in [2.75, 3.05) is 6.61 Å². The first-order valence-electron chi connectivity index (χ1n) is 10.8. The minimum Gasteiger partial charge on any atom is -0.488 e. The van der Waals surface area contributed by atoms with E-state index >= 15 is 0 Å². The van der Waals surface area contributed by atoms with Crippen molar-refractivity contribution in [3.8, 4) is 17.1 Å². The van der Waals surface area contributed by atoms with Gasteiger partial charge in [0.15, 0.2) is 11.6 Å². The number of nitrogens with zero attached hydrogens (tertiary/aromatic N) is 2. The van der Waals surface area contributed by atoms with Crippen LogP contribution in [0.1, 0.15) is 29.5 Å². The third-order valence-corrected chi connectivity index (χ3v) is 5.24. The first-order valence-corrected chi connectivity index (χ1v) is 10.8. The smallest absolute Gasteiger partial charge is 0.227 e. The van der Waals surface area contributed by atoms with Crippen LogP contribution in [0.5, 0.6) is 5.75 Å². The molecule has 4 aromatic rings. The van der Waals surface area contributed by atoms with E-state index in [9.17, 15) is 13.6 Å². The van der Waals surface area contributed by atoms with E-state index in [1.165, 1.54) is 18.2 Å². The summed E-state index contributed by atoms with van der Waals surface area (Å²) in [6.07, 6.45) is 0.301. The Morgan fingerprint density at radius 1 is 1.03 bits per heavy atom. The van der Waals surface area contributed by atoms with Crippen LogP contribution in [0, 0.1) is 18.6 Å². The topological polar surface area (TPSA) is 77.2 Å². The molecule has 1 heterocycles. The van der Waals surface area contributed by atoms with Crippen molar-refractivity contribution in [2.24, 2.45) is 0 Å². The number of carbonyl (C=O) groups excluding carboxylic acids is 1. The molecule has 0 saturated carbocycles. The number of nitrogens with one attached hydrogen (secondary N) is 1. The monoisotopic (exact) mass is 463 g/mol. The largest absolute Gasteiger partial charge is 0.488 e. The van der Waals surface area contributed by atoms with Crippen molar-refractivity contribution < 1.29 is 22.8 Å². The lowest BCUT2D eigenvalue weighted by Crippen LogP contribution is -2.32. The Kier molecular flexibility index (Phi) is 7.27. The molecule has 4 rings (SSSR count). The van der Waals surface area contributed by atoms with E-state index in [-0.39, 0.29) is 48.6 Å². The summed E-state index contributed by atoms with van der Waals surface area (Å²) in [6, 6.07) is 19.6. The Balaban J connectivity index is 1.37. The van der Waals surface area contributed by atoms with Crippen LogP contribution in [0.2, 0.25) is 0 Å². The Labute approximate surface area is 195 Å². The summed E-state index contributed by atoms with van der Waals surface area (Å²) in [6.45, 7) is 1.73. The van der Waals surface area contributed by atoms with Crippen molar-refractivity contribution in [3.05, 3.63) is 101 Å². The molecule has 0 saturated heterocycles. The van der Waals surface area contributed by atoms with E-state index in [1.807, 2.05) is 30.3 Å². The molecule has 6 nitrogen and oxygen atoms in total. The second-order valence-corrected chi connectivity index (χ2v) is 7.75. The number of hydrogen-bond acceptors (Lipinski definition) is 5. The number of para-hydroxylation sites is 1. The summed E-state index contributed by atoms with van der Waals surface area (Å²) in [5, 5.41) is 6.79. The summed E-state index contributed by atoms with van der Waals surface area (Å²) in [5.41, 5.74) is 1.85. The van der Waals surface area contributed by atoms with Crippen molar-refractivity contribution in [1.82, 2.24) is 15.5 Å². The Hall–Kier alpha value is -4.07. The predicted molar refractivity (Wildman–Crippen MR) is 122 cm³/mol. The fraction of sp³-hybridized carbons (Fsp3) is 0.192. The number of benzene rings is 3. The minimum atomic E-state index is -0.484. The molecule has 0 bridgehead atoms. The summed E-state index contributed by atoms with van der Waals surface area (Å²) in [4.78, 5) is 16.9. The van der Waals surface area contributed by atoms with Gasteiger partial charge in [-0.05, 0) is 36.2 Å². The summed E-state index contributed by atoms with van der Waals surface area (Å²) in [5.74, 6) is -0.440. The van der Waals surface area contributed by atoms with Gasteiger partial charge < -0.3 is 14.6 Å². The average molecular weight is 463 g/mol. The maximum absolute atomic E-state index is 13.9. The molecule has 1 amide bonds. The molecule has 0 aliphatic carbocycles. The molecule has 34 heavy (non-hydrogen) atoms. The average Bonchev–Trinajstić information content (AvgIpc) is 3.33. The lowest BCUT2D eigenvalue weighted by Gasteiger charge is -2.20. The molecule has 0 fully saturated rings. The highest BCUT2D eigenvalue weighted by Gasteiger charge is 2.18. The number of aromatic nitrogens is 2. The van der Waals surface area contributed by atoms with Gasteiger partial charge in [-0.3, -0.25) is 4.79 Å². The molecular formula is C26H23F2N3O3. The number of halogens is 2. The van der Waals surface area contributed by atoms with Crippen molar-refractivity contribution in [3.63, 3.8) is 0 Å². The quantitative estimate of drug-likeness (QED) is 0.370. The van der Waals surface area contributed by atoms with E-state index in [2.05, 4.69) is 15.5 Å². The van der Waals surface area contributed by atoms with E-state index in [0.29, 0.717) is 11.1 Å². The molecule has 1 aromatic heterocycles. The van der Waals surface area contributed by atoms with Crippen molar-refractivity contribution in [2.45, 2.75) is 25.8 Å². The Morgan fingerprint density at radius 2 is 1.79 bits per heavy atom. The third kappa shape index (κ3) is 5.83. The second-order valence-electron chi connectivity index (χ2n) is 7.75. The molecule has 1 unspecified atom stereocenters. The lowest BCUT2D eigenvalue weighted by atomic mass is 10.1. The number of amides is 1. The molecule has 0 aliphatic heterocycles. The molecule has 0 spiro atoms. The first-order chi connectivity index (χ1) is 16.5. The zero-order chi connectivity index (χ0) is 23.9. The van der Waals surface area contributed by atoms with Gasteiger partial charge in [0, 0.05) is 18.4 Å². The predicted octanol–water partition coefficient (Wildman–Crippen LogP) is 5.19. The third-order valence-electron chi connectivity index (χ3n) is 5.24. The van der Waals surface area contributed by atoms with Crippen LogP contribution in [0.25, 0.3) is 11.4 Å². The SMILES string of the molecule is Cc1ccc(-c2noc(CCC(=O)NC(COc3ccccc3F)c3ccccc3)n2)cc1F. The van der Waals surface area contributed by atoms with Crippen LogP contribution in [0.3, 0.4) is 0 Å². The van der Waals surface area contributed by atoms with Gasteiger partial charge in [-0.25, -0.2) is 8.78 Å². The fourth-order valence-corrected chi connectivity index (χ4v) is 3.33. The van der Waals surface area contributed by atoms with Gasteiger partial charge in [0.2, 0.25) is 17.6 Å². The Bertz CT molecular complexity index is 1260. The molecule has 3 aromatic carbocycles. The van der Waals surface area contributed by atoms with Crippen LogP contribution >= 0.6 is 0 Å². The number of aryl methyl sites for hydroxylation is 2. The maximum atomic E-state index is 13.9. The molecule has 174 valence electrons. The maximum Gasteiger partial charge on any atom is 0.227 e. The van der Waals surface area contributed by atoms with Crippen LogP contribution in [0.15, 0.2) is 77.3 Å². The minimum absolute atomic E-state index is 0.0559. The molecule has 0 aliphatic rings. The van der Waals surface area contributed by atoms with E-state index < -0.39 is 11.9 Å². The van der Waals surface area contributed by atoms with E-state index in [1.54, 1.807) is 31.2 Å². The molecule has 8 heteroatoms. The first kappa shape index (κ1) is 23.1. The van der Waals surface area contributed by atoms with Crippen molar-refractivity contribution >= 4 is 5.91 Å². The Morgan fingerprint density at radius 3 is 2.56 bits per heavy atom. The zero-order valence-electron chi connectivity index (χ0n) is 18.5. The van der Waals surface area contributed by atoms with Gasteiger partial charge in [-0.15, -0.1) is 0 Å². The van der Waals surface area contributed by atoms with E-state index in [0.717, 1.165) is 5.56 Å². The normalized spacial score (nSPS) is 11.7. The van der Waals surface area contributed by atoms with Gasteiger partial charge in [0.25, 0.3) is 0 Å². The summed E-state index contributed by atoms with van der Waals surface area (Å²) < 4.78 is 38.6. The number of hydrogen-bond donors (Lipinski definition) is 1. The summed E-state index contributed by atoms with van der Waals surface area (Å²) in [7, 11) is 0. The van der Waals surface area contributed by atoms with Crippen LogP contribution < -0.4 is 10.1 Å². The molecule has 0 radical (unpaired) electrons. The van der Waals surface area contributed by atoms with Crippen molar-refractivity contribution in [1.29, 1.82) is 0 Å². The highest BCUT2D eigenvalue weighted by Crippen LogP contribution is 2.21. The fourth-order valence-electron chi connectivity index (χ4n) is 3.33. The lowest BCUT2D eigenvalue weighted by molar-refractivity contribution is -0.122. The van der Waals surface area contributed by atoms with Gasteiger partial charge in [-0.2, -0.15) is 4.98 Å². The van der Waals surface area contributed by atoms with Gasteiger partial charge in [0.05, 0.1) is 6.04 Å². The standard InChI is InChI=1S/C26H23F2N3O3/c1-17-11-12-19(15-21(17)28)26-30-25(34-31-26)14-13-24(32)29-22(18-7-3-2-4-8-18)16-33-23-10-6-5-9-20(23)27/h2-12,15,22H,13-14,16H2,1H3,(H,29,32). The molecule has 1 atom stereocenters. The summed E-state index contributed by atoms with van der Waals surface area (Å²) >= 11 is 0. The molecular weight excluding hydrogens is 440 g/mol. The highest BCUT2D eigenvalue weighted by atomic mass is 19.1. The van der Waals surface area contributed by atoms with Crippen LogP contribution in [-0.2, 0) is 11.2 Å². The highest BCUT2D eigenvalue weighted by molar-refractivity contribution is 5.76. The number of ether oxygens (including phenoxy) is 1. The van der Waals surface area contributed by atoms with Gasteiger partial charge >= 0.3 is 0 Å². The van der Waals surface area contributed by atoms with E-state index in [4.69, 9.17) is 9.26 Å². The zero-order valence-corrected chi connectivity index (χ0v) is 18.5. The van der Waals surface area contributed by atoms with Crippen LogP contribution in [0.4, 0.5) is 8.78 Å². The van der Waals surface area contributed by atoms with Crippen LogP contribution in [-0.4, -0.2) is 22.7 Å². The number of rotatable bonds is 9. The molecule has 1 N–H and O–H groups in total. The number of carbonyl (C=O) groups is 1. The van der Waals surface area contributed by atoms with Gasteiger partial charge in [-0.1, -0.05) is 59.8 Å². The van der Waals surface area contributed by atoms with Gasteiger partial charge in [0.1, 0.15) is 12.4 Å². The second kappa shape index (κ2) is 10.7.